The van der Waals surface area contributed by atoms with Gasteiger partial charge in [-0.05, 0) is 16.7 Å². The maximum Gasteiger partial charge on any atom is 0.235 e. The number of hydrogen-bond acceptors (Lipinski definition) is 3. The lowest BCUT2D eigenvalue weighted by Gasteiger charge is -2.39. The van der Waals surface area contributed by atoms with Gasteiger partial charge in [-0.1, -0.05) is 91.0 Å². The molecule has 2 amide bonds. The molecule has 0 fully saturated rings. The molecule has 3 aromatic carbocycles. The van der Waals surface area contributed by atoms with Crippen LogP contribution < -0.4 is 16.8 Å². The van der Waals surface area contributed by atoms with Gasteiger partial charge in [-0.2, -0.15) is 0 Å². The molecule has 0 aliphatic heterocycles. The number of nitrogens with one attached hydrogen (secondary N) is 1. The highest BCUT2D eigenvalue weighted by molar-refractivity contribution is 5.87. The van der Waals surface area contributed by atoms with Crippen molar-refractivity contribution in [1.29, 1.82) is 0 Å². The fourth-order valence-corrected chi connectivity index (χ4v) is 3.50. The summed E-state index contributed by atoms with van der Waals surface area (Å²) in [6, 6.07) is 28.4. The monoisotopic (exact) mass is 373 g/mol. The van der Waals surface area contributed by atoms with E-state index in [1.807, 2.05) is 91.0 Å². The lowest BCUT2D eigenvalue weighted by atomic mass is 9.76. The van der Waals surface area contributed by atoms with Crippen molar-refractivity contribution in [3.05, 3.63) is 108 Å². The Hall–Kier alpha value is -3.44. The van der Waals surface area contributed by atoms with E-state index in [2.05, 4.69) is 5.32 Å². The quantitative estimate of drug-likeness (QED) is 0.528. The third kappa shape index (κ3) is 3.94. The normalized spacial score (nSPS) is 12.3. The molecule has 3 rings (SSSR count). The van der Waals surface area contributed by atoms with Crippen LogP contribution in [0.5, 0.6) is 0 Å². The Morgan fingerprint density at radius 3 is 1.36 bits per heavy atom. The summed E-state index contributed by atoms with van der Waals surface area (Å²) in [6.45, 7) is 0. The number of rotatable bonds is 8. The Balaban J connectivity index is 2.27. The lowest BCUT2D eigenvalue weighted by molar-refractivity contribution is -0.125. The third-order valence-electron chi connectivity index (χ3n) is 4.76. The summed E-state index contributed by atoms with van der Waals surface area (Å²) in [4.78, 5) is 23.7. The number of amides is 2. The molecule has 0 aromatic heterocycles. The average molecular weight is 373 g/mol. The molecule has 0 saturated heterocycles. The van der Waals surface area contributed by atoms with Crippen LogP contribution in [0.1, 0.15) is 23.1 Å². The summed E-state index contributed by atoms with van der Waals surface area (Å²) in [5.74, 6) is -1.23. The van der Waals surface area contributed by atoms with Gasteiger partial charge in [0, 0.05) is 0 Å². The first-order valence-corrected chi connectivity index (χ1v) is 9.06. The van der Waals surface area contributed by atoms with Crippen molar-refractivity contribution in [2.24, 2.45) is 11.5 Å². The van der Waals surface area contributed by atoms with Crippen molar-refractivity contribution in [2.45, 2.75) is 18.0 Å². The van der Waals surface area contributed by atoms with Gasteiger partial charge in [-0.3, -0.25) is 14.9 Å². The number of nitrogens with two attached hydrogens (primary N) is 2. The minimum absolute atomic E-state index is 0.191. The highest BCUT2D eigenvalue weighted by Crippen LogP contribution is 2.37. The fourth-order valence-electron chi connectivity index (χ4n) is 3.50. The summed E-state index contributed by atoms with van der Waals surface area (Å²) in [5.41, 5.74) is 12.9. The molecule has 28 heavy (non-hydrogen) atoms. The molecule has 5 heteroatoms. The Bertz CT molecular complexity index is 831. The summed E-state index contributed by atoms with van der Waals surface area (Å²) >= 11 is 0. The molecule has 0 aliphatic carbocycles. The van der Waals surface area contributed by atoms with Crippen LogP contribution in [0.15, 0.2) is 91.0 Å². The topological polar surface area (TPSA) is 98.2 Å². The number of carbonyl (C=O) groups excluding carboxylic acids is 2. The predicted octanol–water partition coefficient (Wildman–Crippen LogP) is 2.30. The van der Waals surface area contributed by atoms with E-state index in [1.54, 1.807) is 0 Å². The average Bonchev–Trinajstić information content (AvgIpc) is 2.72. The van der Waals surface area contributed by atoms with E-state index in [9.17, 15) is 9.59 Å². The molecular formula is C23H23N3O2. The predicted molar refractivity (Wildman–Crippen MR) is 109 cm³/mol. The Morgan fingerprint density at radius 1 is 0.714 bits per heavy atom. The van der Waals surface area contributed by atoms with E-state index in [1.165, 1.54) is 0 Å². The van der Waals surface area contributed by atoms with Crippen LogP contribution in [0.3, 0.4) is 0 Å². The Kier molecular flexibility index (Phi) is 5.87. The Labute approximate surface area is 164 Å². The second-order valence-corrected chi connectivity index (χ2v) is 6.62. The zero-order valence-corrected chi connectivity index (χ0v) is 15.4. The van der Waals surface area contributed by atoms with Gasteiger partial charge in [-0.15, -0.1) is 0 Å². The number of benzene rings is 3. The van der Waals surface area contributed by atoms with Crippen LogP contribution in [-0.4, -0.2) is 17.9 Å². The molecule has 0 bridgehead atoms. The Morgan fingerprint density at radius 2 is 1.07 bits per heavy atom. The van der Waals surface area contributed by atoms with E-state index in [-0.39, 0.29) is 6.42 Å². The highest BCUT2D eigenvalue weighted by atomic mass is 16.2. The molecule has 142 valence electrons. The number of carbonyl (C=O) groups is 2. The summed E-state index contributed by atoms with van der Waals surface area (Å²) < 4.78 is 0. The maximum absolute atomic E-state index is 12.2. The van der Waals surface area contributed by atoms with E-state index < -0.39 is 23.4 Å². The van der Waals surface area contributed by atoms with Gasteiger partial charge in [0.25, 0.3) is 0 Å². The second kappa shape index (κ2) is 8.50. The molecular weight excluding hydrogens is 350 g/mol. The molecule has 0 aliphatic rings. The molecule has 0 saturated carbocycles. The molecule has 0 radical (unpaired) electrons. The first-order valence-electron chi connectivity index (χ1n) is 9.06. The fraction of sp³-hybridized carbons (Fsp3) is 0.130. The van der Waals surface area contributed by atoms with Crippen molar-refractivity contribution in [2.75, 3.05) is 0 Å². The molecule has 1 atom stereocenters. The van der Waals surface area contributed by atoms with Crippen LogP contribution in [0.4, 0.5) is 0 Å². The standard InChI is InChI=1S/C23H23N3O2/c24-21(27)16-20(22(25)28)26-23(17-10-4-1-5-11-17,18-12-6-2-7-13-18)19-14-8-3-9-15-19/h1-15,20,26H,16H2,(H2,24,27)(H2,25,28)/t20-/m0/s1. The number of primary amides is 2. The van der Waals surface area contributed by atoms with E-state index in [0.717, 1.165) is 16.7 Å². The molecule has 5 nitrogen and oxygen atoms in total. The lowest BCUT2D eigenvalue weighted by Crippen LogP contribution is -2.55. The van der Waals surface area contributed by atoms with Gasteiger partial charge in [0.2, 0.25) is 11.8 Å². The van der Waals surface area contributed by atoms with Gasteiger partial charge in [0.05, 0.1) is 18.0 Å². The van der Waals surface area contributed by atoms with Gasteiger partial charge in [0.1, 0.15) is 0 Å². The zero-order valence-electron chi connectivity index (χ0n) is 15.4. The molecule has 3 aromatic rings. The smallest absolute Gasteiger partial charge is 0.235 e. The SMILES string of the molecule is NC(=O)C[C@H](NC(c1ccccc1)(c1ccccc1)c1ccccc1)C(N)=O. The van der Waals surface area contributed by atoms with E-state index in [0.29, 0.717) is 0 Å². The first-order chi connectivity index (χ1) is 13.5. The van der Waals surface area contributed by atoms with Crippen LogP contribution >= 0.6 is 0 Å². The minimum atomic E-state index is -0.932. The minimum Gasteiger partial charge on any atom is -0.370 e. The highest BCUT2D eigenvalue weighted by Gasteiger charge is 2.39. The van der Waals surface area contributed by atoms with Crippen LogP contribution in [0.25, 0.3) is 0 Å². The largest absolute Gasteiger partial charge is 0.370 e. The van der Waals surface area contributed by atoms with Gasteiger partial charge in [0.15, 0.2) is 0 Å². The maximum atomic E-state index is 12.2. The van der Waals surface area contributed by atoms with E-state index in [4.69, 9.17) is 11.5 Å². The third-order valence-corrected chi connectivity index (χ3v) is 4.76. The van der Waals surface area contributed by atoms with Crippen molar-refractivity contribution in [3.63, 3.8) is 0 Å². The second-order valence-electron chi connectivity index (χ2n) is 6.62. The first kappa shape index (κ1) is 19.3. The van der Waals surface area contributed by atoms with Gasteiger partial charge < -0.3 is 11.5 Å². The summed E-state index contributed by atoms with van der Waals surface area (Å²) in [6.07, 6.45) is -0.191. The zero-order chi connectivity index (χ0) is 20.0. The van der Waals surface area contributed by atoms with Crippen molar-refractivity contribution in [3.8, 4) is 0 Å². The summed E-state index contributed by atoms with van der Waals surface area (Å²) in [5, 5.41) is 3.37. The number of hydrogen-bond donors (Lipinski definition) is 3. The molecule has 5 N–H and O–H groups in total. The van der Waals surface area contributed by atoms with Gasteiger partial charge >= 0.3 is 0 Å². The van der Waals surface area contributed by atoms with Gasteiger partial charge in [-0.25, -0.2) is 0 Å². The van der Waals surface area contributed by atoms with E-state index >= 15 is 0 Å². The van der Waals surface area contributed by atoms with Crippen molar-refractivity contribution >= 4 is 11.8 Å². The summed E-state index contributed by atoms with van der Waals surface area (Å²) in [7, 11) is 0. The molecule has 0 unspecified atom stereocenters. The molecule has 0 spiro atoms. The molecule has 0 heterocycles. The van der Waals surface area contributed by atoms with Crippen molar-refractivity contribution in [1.82, 2.24) is 5.32 Å². The van der Waals surface area contributed by atoms with Crippen LogP contribution in [0.2, 0.25) is 0 Å². The van der Waals surface area contributed by atoms with Crippen LogP contribution in [-0.2, 0) is 15.1 Å². The van der Waals surface area contributed by atoms with Crippen molar-refractivity contribution < 1.29 is 9.59 Å². The van der Waals surface area contributed by atoms with Crippen LogP contribution in [0, 0.1) is 0 Å².